The largest absolute Gasteiger partial charge is 0.316 e. The Labute approximate surface area is 114 Å². The Balaban J connectivity index is 2.24. The molecular weight excluding hydrogens is 237 g/mol. The predicted molar refractivity (Wildman–Crippen MR) is 78.6 cm³/mol. The van der Waals surface area contributed by atoms with E-state index in [9.17, 15) is 4.39 Å². The van der Waals surface area contributed by atoms with Gasteiger partial charge in [-0.05, 0) is 36.2 Å². The average Bonchev–Trinajstić information content (AvgIpc) is 2.43. The monoisotopic (exact) mass is 257 g/mol. The number of nitrogens with one attached hydrogen (secondary N) is 1. The lowest BCUT2D eigenvalue weighted by molar-refractivity contribution is 0.601. The smallest absolute Gasteiger partial charge is 0.128 e. The molecule has 0 aliphatic carbocycles. The zero-order valence-corrected chi connectivity index (χ0v) is 11.5. The summed E-state index contributed by atoms with van der Waals surface area (Å²) in [6.45, 7) is 2.73. The lowest BCUT2D eigenvalue weighted by atomic mass is 10.0. The number of hydrogen-bond acceptors (Lipinski definition) is 1. The summed E-state index contributed by atoms with van der Waals surface area (Å²) < 4.78 is 13.9. The molecule has 19 heavy (non-hydrogen) atoms. The van der Waals surface area contributed by atoms with Gasteiger partial charge in [-0.3, -0.25) is 0 Å². The van der Waals surface area contributed by atoms with Gasteiger partial charge in [0.2, 0.25) is 0 Å². The molecule has 1 nitrogen and oxygen atoms in total. The van der Waals surface area contributed by atoms with Crippen LogP contribution >= 0.6 is 0 Å². The Hall–Kier alpha value is -1.67. The molecule has 0 aromatic heterocycles. The Morgan fingerprint density at radius 2 is 1.68 bits per heavy atom. The van der Waals surface area contributed by atoms with Crippen LogP contribution in [0.1, 0.15) is 24.5 Å². The summed E-state index contributed by atoms with van der Waals surface area (Å²) >= 11 is 0. The fourth-order valence-electron chi connectivity index (χ4n) is 2.21. The van der Waals surface area contributed by atoms with Gasteiger partial charge in [0.05, 0.1) is 0 Å². The molecule has 0 aliphatic rings. The Morgan fingerprint density at radius 1 is 1.00 bits per heavy atom. The van der Waals surface area contributed by atoms with Gasteiger partial charge in [0, 0.05) is 12.1 Å². The van der Waals surface area contributed by atoms with E-state index < -0.39 is 0 Å². The zero-order chi connectivity index (χ0) is 13.7. The van der Waals surface area contributed by atoms with Gasteiger partial charge < -0.3 is 5.32 Å². The van der Waals surface area contributed by atoms with Crippen LogP contribution in [0.25, 0.3) is 11.1 Å². The Kier molecular flexibility index (Phi) is 4.69. The van der Waals surface area contributed by atoms with Gasteiger partial charge in [0.25, 0.3) is 0 Å². The number of halogens is 1. The molecule has 0 amide bonds. The van der Waals surface area contributed by atoms with Crippen LogP contribution in [-0.2, 0) is 13.0 Å². The van der Waals surface area contributed by atoms with Crippen LogP contribution in [0.15, 0.2) is 42.5 Å². The standard InChI is InChI=1S/C17H20FN/c1-3-4-13-5-7-14(8-6-13)15-9-10-16(12-19-2)17(18)11-15/h5-11,19H,3-4,12H2,1-2H3. The minimum atomic E-state index is -0.149. The summed E-state index contributed by atoms with van der Waals surface area (Å²) in [7, 11) is 1.82. The molecule has 2 rings (SSSR count). The molecule has 0 fully saturated rings. The number of hydrogen-bond donors (Lipinski definition) is 1. The molecule has 0 radical (unpaired) electrons. The summed E-state index contributed by atoms with van der Waals surface area (Å²) in [6.07, 6.45) is 2.24. The van der Waals surface area contributed by atoms with Crippen LogP contribution in [0.2, 0.25) is 0 Å². The van der Waals surface area contributed by atoms with Crippen molar-refractivity contribution < 1.29 is 4.39 Å². The van der Waals surface area contributed by atoms with Gasteiger partial charge in [0.1, 0.15) is 5.82 Å². The van der Waals surface area contributed by atoms with Gasteiger partial charge in [-0.25, -0.2) is 4.39 Å². The van der Waals surface area contributed by atoms with E-state index in [1.165, 1.54) is 5.56 Å². The van der Waals surface area contributed by atoms with Crippen molar-refractivity contribution in [1.82, 2.24) is 5.32 Å². The van der Waals surface area contributed by atoms with E-state index in [2.05, 4.69) is 36.5 Å². The second-order valence-electron chi connectivity index (χ2n) is 4.78. The van der Waals surface area contributed by atoms with Crippen LogP contribution < -0.4 is 5.32 Å². The number of aryl methyl sites for hydroxylation is 1. The van der Waals surface area contributed by atoms with E-state index in [0.717, 1.165) is 24.0 Å². The lowest BCUT2D eigenvalue weighted by Gasteiger charge is -2.07. The first kappa shape index (κ1) is 13.8. The van der Waals surface area contributed by atoms with Crippen molar-refractivity contribution in [3.05, 3.63) is 59.4 Å². The molecule has 2 aromatic rings. The summed E-state index contributed by atoms with van der Waals surface area (Å²) in [4.78, 5) is 0. The molecule has 0 aliphatic heterocycles. The van der Waals surface area contributed by atoms with Gasteiger partial charge in [-0.1, -0.05) is 49.7 Å². The fourth-order valence-corrected chi connectivity index (χ4v) is 2.21. The molecule has 0 saturated carbocycles. The second kappa shape index (κ2) is 6.48. The molecule has 1 N–H and O–H groups in total. The van der Waals surface area contributed by atoms with Crippen molar-refractivity contribution in [2.24, 2.45) is 0 Å². The summed E-state index contributed by atoms with van der Waals surface area (Å²) in [6, 6.07) is 13.8. The first-order valence-corrected chi connectivity index (χ1v) is 6.77. The zero-order valence-electron chi connectivity index (χ0n) is 11.5. The van der Waals surface area contributed by atoms with Crippen LogP contribution in [0.3, 0.4) is 0 Å². The maximum atomic E-state index is 13.9. The van der Waals surface area contributed by atoms with Crippen molar-refractivity contribution in [2.45, 2.75) is 26.3 Å². The van der Waals surface area contributed by atoms with Crippen LogP contribution in [0.5, 0.6) is 0 Å². The minimum Gasteiger partial charge on any atom is -0.316 e. The van der Waals surface area contributed by atoms with Gasteiger partial charge in [0.15, 0.2) is 0 Å². The van der Waals surface area contributed by atoms with Gasteiger partial charge in [-0.15, -0.1) is 0 Å². The highest BCUT2D eigenvalue weighted by Crippen LogP contribution is 2.22. The van der Waals surface area contributed by atoms with Crippen molar-refractivity contribution in [3.8, 4) is 11.1 Å². The van der Waals surface area contributed by atoms with E-state index in [1.54, 1.807) is 6.07 Å². The van der Waals surface area contributed by atoms with E-state index >= 15 is 0 Å². The highest BCUT2D eigenvalue weighted by atomic mass is 19.1. The summed E-state index contributed by atoms with van der Waals surface area (Å²) in [5.41, 5.74) is 4.03. The highest BCUT2D eigenvalue weighted by Gasteiger charge is 2.04. The lowest BCUT2D eigenvalue weighted by Crippen LogP contribution is -2.06. The molecule has 0 unspecified atom stereocenters. The molecule has 2 heteroatoms. The van der Waals surface area contributed by atoms with E-state index in [4.69, 9.17) is 0 Å². The maximum absolute atomic E-state index is 13.9. The molecule has 0 atom stereocenters. The average molecular weight is 257 g/mol. The number of benzene rings is 2. The molecule has 2 aromatic carbocycles. The third-order valence-electron chi connectivity index (χ3n) is 3.25. The van der Waals surface area contributed by atoms with Crippen LogP contribution in [-0.4, -0.2) is 7.05 Å². The summed E-state index contributed by atoms with van der Waals surface area (Å²) in [5.74, 6) is -0.149. The highest BCUT2D eigenvalue weighted by molar-refractivity contribution is 5.64. The third kappa shape index (κ3) is 3.42. The van der Waals surface area contributed by atoms with Crippen LogP contribution in [0.4, 0.5) is 4.39 Å². The first-order chi connectivity index (χ1) is 9.24. The van der Waals surface area contributed by atoms with Crippen molar-refractivity contribution in [3.63, 3.8) is 0 Å². The van der Waals surface area contributed by atoms with E-state index in [-0.39, 0.29) is 5.82 Å². The van der Waals surface area contributed by atoms with Gasteiger partial charge >= 0.3 is 0 Å². The van der Waals surface area contributed by atoms with Crippen molar-refractivity contribution in [1.29, 1.82) is 0 Å². The third-order valence-corrected chi connectivity index (χ3v) is 3.25. The second-order valence-corrected chi connectivity index (χ2v) is 4.78. The topological polar surface area (TPSA) is 12.0 Å². The Morgan fingerprint density at radius 3 is 2.26 bits per heavy atom. The summed E-state index contributed by atoms with van der Waals surface area (Å²) in [5, 5.41) is 2.97. The molecule has 100 valence electrons. The Bertz CT molecular complexity index is 531. The SMILES string of the molecule is CCCc1ccc(-c2ccc(CNC)c(F)c2)cc1. The van der Waals surface area contributed by atoms with Crippen LogP contribution in [0, 0.1) is 5.82 Å². The first-order valence-electron chi connectivity index (χ1n) is 6.77. The minimum absolute atomic E-state index is 0.149. The van der Waals surface area contributed by atoms with Gasteiger partial charge in [-0.2, -0.15) is 0 Å². The van der Waals surface area contributed by atoms with E-state index in [1.807, 2.05) is 19.2 Å². The van der Waals surface area contributed by atoms with E-state index in [0.29, 0.717) is 12.1 Å². The molecule has 0 saturated heterocycles. The fraction of sp³-hybridized carbons (Fsp3) is 0.294. The molecule has 0 spiro atoms. The molecular formula is C17H20FN. The molecule has 0 heterocycles. The normalized spacial score (nSPS) is 10.7. The molecule has 0 bridgehead atoms. The van der Waals surface area contributed by atoms with Crippen molar-refractivity contribution in [2.75, 3.05) is 7.05 Å². The quantitative estimate of drug-likeness (QED) is 0.848. The number of rotatable bonds is 5. The maximum Gasteiger partial charge on any atom is 0.128 e. The van der Waals surface area contributed by atoms with Crippen molar-refractivity contribution >= 4 is 0 Å². The predicted octanol–water partition coefficient (Wildman–Crippen LogP) is 4.16.